The van der Waals surface area contributed by atoms with Crippen LogP contribution in [-0.4, -0.2) is 57.3 Å². The highest BCUT2D eigenvalue weighted by Gasteiger charge is 2.44. The summed E-state index contributed by atoms with van der Waals surface area (Å²) < 4.78 is 5.45. The van der Waals surface area contributed by atoms with Gasteiger partial charge in [0.1, 0.15) is 11.6 Å². The number of ether oxygens (including phenoxy) is 1. The summed E-state index contributed by atoms with van der Waals surface area (Å²) in [6, 6.07) is 7.19. The van der Waals surface area contributed by atoms with Gasteiger partial charge in [0, 0.05) is 42.5 Å². The number of carbonyl (C=O) groups is 2. The van der Waals surface area contributed by atoms with Crippen LogP contribution in [0.1, 0.15) is 58.4 Å². The first-order valence-electron chi connectivity index (χ1n) is 11.7. The summed E-state index contributed by atoms with van der Waals surface area (Å²) in [7, 11) is 0. The molecule has 2 aromatic rings. The van der Waals surface area contributed by atoms with Crippen LogP contribution >= 0.6 is 0 Å². The van der Waals surface area contributed by atoms with E-state index in [9.17, 15) is 14.7 Å². The van der Waals surface area contributed by atoms with Gasteiger partial charge in [-0.05, 0) is 51.7 Å². The second-order valence-electron chi connectivity index (χ2n) is 10.3. The van der Waals surface area contributed by atoms with Crippen LogP contribution < -0.4 is 5.32 Å². The van der Waals surface area contributed by atoms with E-state index in [0.29, 0.717) is 25.9 Å². The zero-order valence-electron chi connectivity index (χ0n) is 19.3. The van der Waals surface area contributed by atoms with E-state index in [1.807, 2.05) is 35.4 Å². The second-order valence-corrected chi connectivity index (χ2v) is 10.3. The van der Waals surface area contributed by atoms with Crippen LogP contribution in [0.3, 0.4) is 0 Å². The SMILES string of the molecule is CC(C)(C)OC(=O)NC(Cc1c[nH]c2ccccc12)C(=O)N1CCC2(O)CCCCC2C1. The number of alkyl carbamates (subject to hydrolysis) is 1. The molecule has 0 radical (unpaired) electrons. The number of hydrogen-bond donors (Lipinski definition) is 3. The zero-order chi connectivity index (χ0) is 22.9. The molecule has 7 heteroatoms. The number of aromatic nitrogens is 1. The van der Waals surface area contributed by atoms with Gasteiger partial charge in [-0.2, -0.15) is 0 Å². The third kappa shape index (κ3) is 4.93. The molecule has 1 saturated heterocycles. The normalized spacial score (nSPS) is 24.6. The van der Waals surface area contributed by atoms with Crippen LogP contribution in [0.4, 0.5) is 4.79 Å². The fourth-order valence-electron chi connectivity index (χ4n) is 5.16. The lowest BCUT2D eigenvalue weighted by atomic mass is 9.71. The second kappa shape index (κ2) is 8.77. The number of para-hydroxylation sites is 1. The summed E-state index contributed by atoms with van der Waals surface area (Å²) in [4.78, 5) is 31.2. The van der Waals surface area contributed by atoms with Gasteiger partial charge in [-0.1, -0.05) is 31.0 Å². The smallest absolute Gasteiger partial charge is 0.408 e. The van der Waals surface area contributed by atoms with E-state index >= 15 is 0 Å². The minimum Gasteiger partial charge on any atom is -0.444 e. The average Bonchev–Trinajstić information content (AvgIpc) is 3.13. The number of aliphatic hydroxyl groups is 1. The van der Waals surface area contributed by atoms with Crippen molar-refractivity contribution in [3.8, 4) is 0 Å². The number of carbonyl (C=O) groups excluding carboxylic acids is 2. The molecule has 2 heterocycles. The highest BCUT2D eigenvalue weighted by molar-refractivity contribution is 5.88. The fraction of sp³-hybridized carbons (Fsp3) is 0.600. The van der Waals surface area contributed by atoms with Crippen molar-refractivity contribution < 1.29 is 19.4 Å². The maximum absolute atomic E-state index is 13.6. The van der Waals surface area contributed by atoms with E-state index in [-0.39, 0.29) is 11.8 Å². The van der Waals surface area contributed by atoms with E-state index in [4.69, 9.17) is 4.74 Å². The standard InChI is InChI=1S/C25H35N3O4/c1-24(2,3)32-23(30)27-21(14-17-15-26-20-10-5-4-9-19(17)20)22(29)28-13-12-25(31)11-7-6-8-18(25)16-28/h4-5,9-10,15,18,21,26,31H,6-8,11-14,16H2,1-3H3,(H,27,30). The summed E-state index contributed by atoms with van der Waals surface area (Å²) >= 11 is 0. The minimum absolute atomic E-state index is 0.101. The number of amides is 2. The van der Waals surface area contributed by atoms with Crippen molar-refractivity contribution in [3.05, 3.63) is 36.0 Å². The van der Waals surface area contributed by atoms with Crippen molar-refractivity contribution >= 4 is 22.9 Å². The Hall–Kier alpha value is -2.54. The Morgan fingerprint density at radius 1 is 1.28 bits per heavy atom. The molecule has 1 aromatic heterocycles. The van der Waals surface area contributed by atoms with Crippen LogP contribution in [-0.2, 0) is 16.0 Å². The zero-order valence-corrected chi connectivity index (χ0v) is 19.3. The Labute approximate surface area is 189 Å². The summed E-state index contributed by atoms with van der Waals surface area (Å²) in [6.07, 6.45) is 6.15. The molecule has 32 heavy (non-hydrogen) atoms. The average molecular weight is 442 g/mol. The molecule has 1 aliphatic carbocycles. The van der Waals surface area contributed by atoms with E-state index in [1.54, 1.807) is 20.8 Å². The van der Waals surface area contributed by atoms with Crippen LogP contribution in [0.15, 0.2) is 30.5 Å². The molecule has 0 bridgehead atoms. The van der Waals surface area contributed by atoms with Crippen molar-refractivity contribution in [2.75, 3.05) is 13.1 Å². The number of piperidine rings is 1. The molecule has 1 saturated carbocycles. The number of benzene rings is 1. The predicted molar refractivity (Wildman–Crippen MR) is 123 cm³/mol. The quantitative estimate of drug-likeness (QED) is 0.673. The van der Waals surface area contributed by atoms with Crippen LogP contribution in [0, 0.1) is 5.92 Å². The number of H-pyrrole nitrogens is 1. The summed E-state index contributed by atoms with van der Waals surface area (Å²) in [5, 5.41) is 14.9. The van der Waals surface area contributed by atoms with Crippen LogP contribution in [0.5, 0.6) is 0 Å². The summed E-state index contributed by atoms with van der Waals surface area (Å²) in [6.45, 7) is 6.45. The predicted octanol–water partition coefficient (Wildman–Crippen LogP) is 3.76. The molecule has 2 amide bonds. The number of aromatic amines is 1. The molecule has 0 spiro atoms. The van der Waals surface area contributed by atoms with Crippen molar-refractivity contribution in [3.63, 3.8) is 0 Å². The van der Waals surface area contributed by atoms with Crippen LogP contribution in [0.2, 0.25) is 0 Å². The lowest BCUT2D eigenvalue weighted by molar-refractivity contribution is -0.145. The van der Waals surface area contributed by atoms with Crippen molar-refractivity contribution in [1.82, 2.24) is 15.2 Å². The van der Waals surface area contributed by atoms with Gasteiger partial charge in [-0.25, -0.2) is 4.79 Å². The molecule has 3 unspecified atom stereocenters. The number of rotatable bonds is 4. The van der Waals surface area contributed by atoms with Gasteiger partial charge in [-0.15, -0.1) is 0 Å². The Bertz CT molecular complexity index is 979. The van der Waals surface area contributed by atoms with E-state index in [0.717, 1.165) is 42.1 Å². The van der Waals surface area contributed by atoms with Gasteiger partial charge < -0.3 is 25.0 Å². The monoisotopic (exact) mass is 441 g/mol. The van der Waals surface area contributed by atoms with E-state index < -0.39 is 23.3 Å². The summed E-state index contributed by atoms with van der Waals surface area (Å²) in [5.74, 6) is -0.0158. The van der Waals surface area contributed by atoms with Crippen molar-refractivity contribution in [1.29, 1.82) is 0 Å². The Morgan fingerprint density at radius 3 is 2.84 bits per heavy atom. The molecule has 2 fully saturated rings. The minimum atomic E-state index is -0.737. The van der Waals surface area contributed by atoms with E-state index in [1.165, 1.54) is 0 Å². The molecular formula is C25H35N3O4. The molecule has 174 valence electrons. The van der Waals surface area contributed by atoms with Gasteiger partial charge in [0.25, 0.3) is 0 Å². The lowest BCUT2D eigenvalue weighted by Crippen LogP contribution is -2.58. The van der Waals surface area contributed by atoms with Crippen molar-refractivity contribution in [2.45, 2.75) is 76.5 Å². The van der Waals surface area contributed by atoms with Gasteiger partial charge in [0.15, 0.2) is 0 Å². The number of fused-ring (bicyclic) bond motifs is 2. The molecule has 3 N–H and O–H groups in total. The molecule has 3 atom stereocenters. The molecule has 1 aromatic carbocycles. The molecule has 4 rings (SSSR count). The van der Waals surface area contributed by atoms with Gasteiger partial charge >= 0.3 is 6.09 Å². The first-order chi connectivity index (χ1) is 15.1. The highest BCUT2D eigenvalue weighted by Crippen LogP contribution is 2.40. The largest absolute Gasteiger partial charge is 0.444 e. The fourth-order valence-corrected chi connectivity index (χ4v) is 5.16. The van der Waals surface area contributed by atoms with Gasteiger partial charge in [-0.3, -0.25) is 4.79 Å². The van der Waals surface area contributed by atoms with Crippen LogP contribution in [0.25, 0.3) is 10.9 Å². The Kier molecular flexibility index (Phi) is 6.21. The number of hydrogen-bond acceptors (Lipinski definition) is 4. The third-order valence-electron chi connectivity index (χ3n) is 6.83. The Balaban J connectivity index is 1.54. The van der Waals surface area contributed by atoms with Gasteiger partial charge in [0.2, 0.25) is 5.91 Å². The molecule has 2 aliphatic rings. The number of likely N-dealkylation sites (tertiary alicyclic amines) is 1. The number of nitrogens with one attached hydrogen (secondary N) is 2. The Morgan fingerprint density at radius 2 is 2.06 bits per heavy atom. The number of nitrogens with zero attached hydrogens (tertiary/aromatic N) is 1. The summed E-state index contributed by atoms with van der Waals surface area (Å²) in [5.41, 5.74) is 0.666. The molecule has 1 aliphatic heterocycles. The van der Waals surface area contributed by atoms with Gasteiger partial charge in [0.05, 0.1) is 5.60 Å². The molecular weight excluding hydrogens is 406 g/mol. The van der Waals surface area contributed by atoms with Crippen molar-refractivity contribution in [2.24, 2.45) is 5.92 Å². The maximum Gasteiger partial charge on any atom is 0.408 e. The first-order valence-corrected chi connectivity index (χ1v) is 11.7. The molecule has 7 nitrogen and oxygen atoms in total. The van der Waals surface area contributed by atoms with E-state index in [2.05, 4.69) is 10.3 Å². The third-order valence-corrected chi connectivity index (χ3v) is 6.83. The first kappa shape index (κ1) is 22.6. The lowest BCUT2D eigenvalue weighted by Gasteiger charge is -2.48. The highest BCUT2D eigenvalue weighted by atomic mass is 16.6. The maximum atomic E-state index is 13.6. The topological polar surface area (TPSA) is 94.7 Å².